The normalized spacial score (nSPS) is 13.2. The number of hydrogen-bond donors (Lipinski definition) is 0. The maximum atomic E-state index is 12.0. The summed E-state index contributed by atoms with van der Waals surface area (Å²) >= 11 is 5.49. The highest BCUT2D eigenvalue weighted by atomic mass is 35.5. The number of fused-ring (bicyclic) bond motifs is 1. The summed E-state index contributed by atoms with van der Waals surface area (Å²) in [6, 6.07) is 11.7. The lowest BCUT2D eigenvalue weighted by atomic mass is 10.1. The highest BCUT2D eigenvalue weighted by Gasteiger charge is 2.29. The van der Waals surface area contributed by atoms with Crippen molar-refractivity contribution < 1.29 is 13.2 Å². The van der Waals surface area contributed by atoms with E-state index in [1.165, 1.54) is 6.92 Å². The fourth-order valence-electron chi connectivity index (χ4n) is 2.17. The third-order valence-electron chi connectivity index (χ3n) is 3.04. The minimum atomic E-state index is -3.63. The van der Waals surface area contributed by atoms with Crippen molar-refractivity contribution >= 4 is 43.3 Å². The minimum Gasteiger partial charge on any atom is -0.279 e. The van der Waals surface area contributed by atoms with Crippen molar-refractivity contribution in [3.8, 4) is 0 Å². The van der Waals surface area contributed by atoms with Crippen LogP contribution in [0, 0.1) is 0 Å². The Hall–Kier alpha value is -1.59. The molecule has 0 aromatic heterocycles. The third-order valence-corrected chi connectivity index (χ3v) is 4.58. The van der Waals surface area contributed by atoms with Gasteiger partial charge in [0.1, 0.15) is 6.04 Å². The first kappa shape index (κ1) is 14.8. The molecule has 0 aliphatic heterocycles. The Balaban J connectivity index is 2.73. The van der Waals surface area contributed by atoms with Crippen LogP contribution in [-0.2, 0) is 14.8 Å². The molecule has 2 aromatic rings. The van der Waals surface area contributed by atoms with E-state index in [0.717, 1.165) is 21.3 Å². The number of benzene rings is 2. The van der Waals surface area contributed by atoms with Gasteiger partial charge in [-0.25, -0.2) is 8.42 Å². The summed E-state index contributed by atoms with van der Waals surface area (Å²) in [7, 11) is -3.63. The molecule has 2 aromatic carbocycles. The van der Waals surface area contributed by atoms with Gasteiger partial charge in [-0.05, 0) is 30.0 Å². The summed E-state index contributed by atoms with van der Waals surface area (Å²) in [5.74, 6) is 0. The van der Waals surface area contributed by atoms with Crippen LogP contribution in [0.25, 0.3) is 10.8 Å². The summed E-state index contributed by atoms with van der Waals surface area (Å²) in [6.07, 6.45) is 1.06. The van der Waals surface area contributed by atoms with E-state index in [2.05, 4.69) is 0 Å². The Kier molecular flexibility index (Phi) is 4.01. The van der Waals surface area contributed by atoms with Gasteiger partial charge in [0.2, 0.25) is 15.3 Å². The quantitative estimate of drug-likeness (QED) is 0.816. The minimum absolute atomic E-state index is 0.451. The summed E-state index contributed by atoms with van der Waals surface area (Å²) in [4.78, 5) is 11.4. The van der Waals surface area contributed by atoms with E-state index in [1.807, 2.05) is 30.3 Å². The average Bonchev–Trinajstić information content (AvgIpc) is 2.37. The van der Waals surface area contributed by atoms with Crippen LogP contribution >= 0.6 is 11.6 Å². The van der Waals surface area contributed by atoms with Gasteiger partial charge in [0, 0.05) is 5.39 Å². The number of carbonyl (C=O) groups excluding carboxylic acids is 1. The predicted molar refractivity (Wildman–Crippen MR) is 81.6 cm³/mol. The van der Waals surface area contributed by atoms with Crippen LogP contribution in [0.1, 0.15) is 6.92 Å². The standard InChI is InChI=1S/C14H14ClNO3S/c1-10(14(15)17)16(20(2,18)19)13-9-5-7-11-6-3-4-8-12(11)13/h3-10H,1-2H3. The molecule has 0 bridgehead atoms. The van der Waals surface area contributed by atoms with Gasteiger partial charge in [0.15, 0.2) is 0 Å². The smallest absolute Gasteiger partial charge is 0.245 e. The van der Waals surface area contributed by atoms with Crippen molar-refractivity contribution in [2.24, 2.45) is 0 Å². The topological polar surface area (TPSA) is 54.5 Å². The molecule has 0 amide bonds. The fourth-order valence-corrected chi connectivity index (χ4v) is 3.51. The van der Waals surface area contributed by atoms with Crippen LogP contribution in [0.4, 0.5) is 5.69 Å². The van der Waals surface area contributed by atoms with Crippen LogP contribution in [0.2, 0.25) is 0 Å². The largest absolute Gasteiger partial charge is 0.279 e. The van der Waals surface area contributed by atoms with Crippen LogP contribution in [0.3, 0.4) is 0 Å². The van der Waals surface area contributed by atoms with Gasteiger partial charge < -0.3 is 0 Å². The van der Waals surface area contributed by atoms with E-state index >= 15 is 0 Å². The van der Waals surface area contributed by atoms with E-state index in [-0.39, 0.29) is 0 Å². The summed E-state index contributed by atoms with van der Waals surface area (Å²) in [6.45, 7) is 1.47. The van der Waals surface area contributed by atoms with E-state index in [1.54, 1.807) is 12.1 Å². The molecular formula is C14H14ClNO3S. The molecule has 0 aliphatic rings. The maximum Gasteiger partial charge on any atom is 0.245 e. The van der Waals surface area contributed by atoms with Gasteiger partial charge in [0.25, 0.3) is 0 Å². The number of halogens is 1. The molecule has 4 nitrogen and oxygen atoms in total. The Morgan fingerprint density at radius 3 is 2.35 bits per heavy atom. The van der Waals surface area contributed by atoms with Crippen LogP contribution < -0.4 is 4.31 Å². The first-order valence-electron chi connectivity index (χ1n) is 5.99. The highest BCUT2D eigenvalue weighted by Crippen LogP contribution is 2.30. The first-order chi connectivity index (χ1) is 9.32. The van der Waals surface area contributed by atoms with Gasteiger partial charge >= 0.3 is 0 Å². The molecule has 1 atom stereocenters. The zero-order chi connectivity index (χ0) is 14.9. The van der Waals surface area contributed by atoms with Crippen LogP contribution in [0.5, 0.6) is 0 Å². The van der Waals surface area contributed by atoms with Crippen molar-refractivity contribution in [1.82, 2.24) is 0 Å². The van der Waals surface area contributed by atoms with E-state index in [9.17, 15) is 13.2 Å². The lowest BCUT2D eigenvalue weighted by Gasteiger charge is -2.27. The van der Waals surface area contributed by atoms with E-state index in [4.69, 9.17) is 11.6 Å². The molecule has 6 heteroatoms. The van der Waals surface area contributed by atoms with Crippen LogP contribution in [0.15, 0.2) is 42.5 Å². The predicted octanol–water partition coefficient (Wildman–Crippen LogP) is 2.76. The van der Waals surface area contributed by atoms with Crippen molar-refractivity contribution in [3.63, 3.8) is 0 Å². The Morgan fingerprint density at radius 1 is 1.15 bits per heavy atom. The second kappa shape index (κ2) is 5.42. The number of anilines is 1. The maximum absolute atomic E-state index is 12.0. The van der Waals surface area contributed by atoms with Gasteiger partial charge in [-0.1, -0.05) is 36.4 Å². The van der Waals surface area contributed by atoms with Gasteiger partial charge in [-0.15, -0.1) is 0 Å². The molecule has 0 spiro atoms. The number of hydrogen-bond acceptors (Lipinski definition) is 3. The Bertz CT molecular complexity index is 753. The SMILES string of the molecule is CC(C(=O)Cl)N(c1cccc2ccccc12)S(C)(=O)=O. The first-order valence-corrected chi connectivity index (χ1v) is 8.21. The van der Waals surface area contributed by atoms with Gasteiger partial charge in [-0.3, -0.25) is 9.10 Å². The average molecular weight is 312 g/mol. The highest BCUT2D eigenvalue weighted by molar-refractivity contribution is 7.92. The molecule has 2 rings (SSSR count). The summed E-state index contributed by atoms with van der Waals surface area (Å²) in [5.41, 5.74) is 0.451. The van der Waals surface area contributed by atoms with Gasteiger partial charge in [0.05, 0.1) is 11.9 Å². The molecule has 0 radical (unpaired) electrons. The molecule has 0 fully saturated rings. The number of nitrogens with zero attached hydrogens (tertiary/aromatic N) is 1. The second-order valence-corrected chi connectivity index (χ2v) is 6.77. The van der Waals surface area contributed by atoms with Gasteiger partial charge in [-0.2, -0.15) is 0 Å². The molecule has 0 saturated carbocycles. The van der Waals surface area contributed by atoms with Crippen molar-refractivity contribution in [3.05, 3.63) is 42.5 Å². The number of carbonyl (C=O) groups is 1. The molecule has 0 heterocycles. The zero-order valence-electron chi connectivity index (χ0n) is 11.1. The lowest BCUT2D eigenvalue weighted by Crippen LogP contribution is -2.41. The second-order valence-electron chi connectivity index (χ2n) is 4.54. The number of rotatable bonds is 4. The summed E-state index contributed by atoms with van der Waals surface area (Å²) < 4.78 is 25.1. The number of sulfonamides is 1. The molecule has 0 N–H and O–H groups in total. The van der Waals surface area contributed by atoms with E-state index in [0.29, 0.717) is 5.69 Å². The third kappa shape index (κ3) is 2.78. The van der Waals surface area contributed by atoms with Crippen LogP contribution in [-0.4, -0.2) is 26.0 Å². The van der Waals surface area contributed by atoms with Crippen molar-refractivity contribution in [2.45, 2.75) is 13.0 Å². The lowest BCUT2D eigenvalue weighted by molar-refractivity contribution is -0.112. The Labute approximate surface area is 123 Å². The molecule has 0 saturated heterocycles. The molecule has 106 valence electrons. The van der Waals surface area contributed by atoms with E-state index < -0.39 is 21.3 Å². The molecular weight excluding hydrogens is 298 g/mol. The molecule has 1 unspecified atom stereocenters. The fraction of sp³-hybridized carbons (Fsp3) is 0.214. The monoisotopic (exact) mass is 311 g/mol. The Morgan fingerprint density at radius 2 is 1.75 bits per heavy atom. The summed E-state index contributed by atoms with van der Waals surface area (Å²) in [5, 5.41) is 0.932. The van der Waals surface area contributed by atoms with Crippen molar-refractivity contribution in [2.75, 3.05) is 10.6 Å². The zero-order valence-corrected chi connectivity index (χ0v) is 12.6. The molecule has 20 heavy (non-hydrogen) atoms. The molecule has 0 aliphatic carbocycles. The van der Waals surface area contributed by atoms with Crippen molar-refractivity contribution in [1.29, 1.82) is 0 Å².